The first-order valence-corrected chi connectivity index (χ1v) is 5.09. The molecule has 1 amide bonds. The Morgan fingerprint density at radius 1 is 1.54 bits per heavy atom. The Balaban J connectivity index is 2.74. The van der Waals surface area contributed by atoms with Crippen molar-refractivity contribution < 1.29 is 4.79 Å². The van der Waals surface area contributed by atoms with Gasteiger partial charge in [0.1, 0.15) is 5.15 Å². The monoisotopic (exact) mass is 238 g/mol. The van der Waals surface area contributed by atoms with Gasteiger partial charge in [0.05, 0.1) is 11.3 Å². The quantitative estimate of drug-likeness (QED) is 0.791. The molecule has 0 bridgehead atoms. The Bertz CT molecular complexity index is 324. The number of likely N-dealkylation sites (N-methyl/N-ethyl adjacent to an activating group) is 1. The van der Waals surface area contributed by atoms with E-state index in [9.17, 15) is 4.79 Å². The maximum Gasteiger partial charge on any atom is 0.227 e. The van der Waals surface area contributed by atoms with Crippen LogP contribution in [0.5, 0.6) is 0 Å². The fourth-order valence-corrected chi connectivity index (χ4v) is 2.10. The smallest absolute Gasteiger partial charge is 0.227 e. The SMILES string of the molecule is CN(C)C(=O)Cc1sc(Cl)nc1Cl. The van der Waals surface area contributed by atoms with Gasteiger partial charge in [0.15, 0.2) is 4.47 Å². The zero-order chi connectivity index (χ0) is 10.0. The lowest BCUT2D eigenvalue weighted by Gasteiger charge is -2.08. The van der Waals surface area contributed by atoms with E-state index in [1.165, 1.54) is 16.2 Å². The second-order valence-corrected chi connectivity index (χ2v) is 4.67. The van der Waals surface area contributed by atoms with Crippen LogP contribution < -0.4 is 0 Å². The fraction of sp³-hybridized carbons (Fsp3) is 0.429. The molecule has 0 spiro atoms. The highest BCUT2D eigenvalue weighted by atomic mass is 35.5. The van der Waals surface area contributed by atoms with Crippen LogP contribution in [0.4, 0.5) is 0 Å². The number of nitrogens with zero attached hydrogens (tertiary/aromatic N) is 2. The normalized spacial score (nSPS) is 10.2. The van der Waals surface area contributed by atoms with Crippen LogP contribution in [0.25, 0.3) is 0 Å². The van der Waals surface area contributed by atoms with Crippen molar-refractivity contribution in [2.24, 2.45) is 0 Å². The number of hydrogen-bond acceptors (Lipinski definition) is 3. The van der Waals surface area contributed by atoms with Crippen molar-refractivity contribution >= 4 is 40.4 Å². The average molecular weight is 239 g/mol. The van der Waals surface area contributed by atoms with Gasteiger partial charge in [-0.1, -0.05) is 23.2 Å². The first-order chi connectivity index (χ1) is 6.00. The molecule has 0 unspecified atom stereocenters. The van der Waals surface area contributed by atoms with Crippen LogP contribution in [-0.2, 0) is 11.2 Å². The lowest BCUT2D eigenvalue weighted by Crippen LogP contribution is -2.23. The van der Waals surface area contributed by atoms with E-state index >= 15 is 0 Å². The van der Waals surface area contributed by atoms with Crippen molar-refractivity contribution in [3.05, 3.63) is 14.5 Å². The summed E-state index contributed by atoms with van der Waals surface area (Å²) in [5.41, 5.74) is 0. The topological polar surface area (TPSA) is 33.2 Å². The van der Waals surface area contributed by atoms with Crippen LogP contribution >= 0.6 is 34.5 Å². The first-order valence-electron chi connectivity index (χ1n) is 3.51. The minimum Gasteiger partial charge on any atom is -0.349 e. The fourth-order valence-electron chi connectivity index (χ4n) is 0.711. The van der Waals surface area contributed by atoms with Gasteiger partial charge < -0.3 is 4.90 Å². The van der Waals surface area contributed by atoms with E-state index in [1.54, 1.807) is 14.1 Å². The molecule has 6 heteroatoms. The maximum atomic E-state index is 11.3. The third kappa shape index (κ3) is 2.83. The zero-order valence-corrected chi connectivity index (χ0v) is 9.50. The molecule has 1 aromatic rings. The minimum absolute atomic E-state index is 0.0118. The highest BCUT2D eigenvalue weighted by Gasteiger charge is 2.13. The number of hydrogen-bond donors (Lipinski definition) is 0. The lowest BCUT2D eigenvalue weighted by molar-refractivity contribution is -0.127. The maximum absolute atomic E-state index is 11.3. The number of thiazole rings is 1. The molecule has 0 aliphatic rings. The van der Waals surface area contributed by atoms with Gasteiger partial charge in [-0.2, -0.15) is 0 Å². The summed E-state index contributed by atoms with van der Waals surface area (Å²) in [5.74, 6) is -0.0118. The number of rotatable bonds is 2. The predicted molar refractivity (Wildman–Crippen MR) is 54.5 cm³/mol. The largest absolute Gasteiger partial charge is 0.349 e. The van der Waals surface area contributed by atoms with Crippen LogP contribution in [0.2, 0.25) is 9.62 Å². The van der Waals surface area contributed by atoms with Crippen molar-refractivity contribution in [1.82, 2.24) is 9.88 Å². The summed E-state index contributed by atoms with van der Waals surface area (Å²) in [6.07, 6.45) is 0.260. The molecule has 0 N–H and O–H groups in total. The third-order valence-corrected chi connectivity index (χ3v) is 3.02. The second-order valence-electron chi connectivity index (χ2n) is 2.65. The molecule has 0 radical (unpaired) electrons. The van der Waals surface area contributed by atoms with E-state index in [4.69, 9.17) is 23.2 Å². The van der Waals surface area contributed by atoms with Crippen LogP contribution in [0.3, 0.4) is 0 Å². The van der Waals surface area contributed by atoms with Gasteiger partial charge in [-0.15, -0.1) is 11.3 Å². The number of carbonyl (C=O) groups is 1. The number of aromatic nitrogens is 1. The molecular weight excluding hydrogens is 231 g/mol. The summed E-state index contributed by atoms with van der Waals surface area (Å²) < 4.78 is 0.367. The Labute approximate surface area is 90.3 Å². The molecule has 0 fully saturated rings. The van der Waals surface area contributed by atoms with Crippen LogP contribution in [0.15, 0.2) is 0 Å². The molecular formula is C7H8Cl2N2OS. The molecule has 1 rings (SSSR count). The van der Waals surface area contributed by atoms with Gasteiger partial charge in [-0.25, -0.2) is 4.98 Å². The molecule has 0 aromatic carbocycles. The predicted octanol–water partition coefficient (Wildman–Crippen LogP) is 2.08. The first kappa shape index (κ1) is 10.8. The Morgan fingerprint density at radius 3 is 2.54 bits per heavy atom. The van der Waals surface area contributed by atoms with E-state index in [0.717, 1.165) is 0 Å². The van der Waals surface area contributed by atoms with Gasteiger partial charge in [0, 0.05) is 14.1 Å². The van der Waals surface area contributed by atoms with Crippen molar-refractivity contribution in [1.29, 1.82) is 0 Å². The second kappa shape index (κ2) is 4.26. The molecule has 3 nitrogen and oxygen atoms in total. The van der Waals surface area contributed by atoms with E-state index in [0.29, 0.717) is 14.5 Å². The van der Waals surface area contributed by atoms with E-state index < -0.39 is 0 Å². The van der Waals surface area contributed by atoms with Crippen molar-refractivity contribution in [3.63, 3.8) is 0 Å². The van der Waals surface area contributed by atoms with Crippen molar-refractivity contribution in [3.8, 4) is 0 Å². The molecule has 0 saturated carbocycles. The van der Waals surface area contributed by atoms with Crippen LogP contribution in [0, 0.1) is 0 Å². The van der Waals surface area contributed by atoms with E-state index in [-0.39, 0.29) is 12.3 Å². The standard InChI is InChI=1S/C7H8Cl2N2OS/c1-11(2)5(12)3-4-6(8)10-7(9)13-4/h3H2,1-2H3. The Kier molecular flexibility index (Phi) is 3.53. The highest BCUT2D eigenvalue weighted by Crippen LogP contribution is 2.26. The summed E-state index contributed by atoms with van der Waals surface area (Å²) in [6, 6.07) is 0. The molecule has 72 valence electrons. The van der Waals surface area contributed by atoms with E-state index in [2.05, 4.69) is 4.98 Å². The van der Waals surface area contributed by atoms with E-state index in [1.807, 2.05) is 0 Å². The van der Waals surface area contributed by atoms with Crippen LogP contribution in [0.1, 0.15) is 4.88 Å². The molecule has 1 heterocycles. The zero-order valence-electron chi connectivity index (χ0n) is 7.17. The molecule has 0 aliphatic heterocycles. The summed E-state index contributed by atoms with van der Waals surface area (Å²) in [7, 11) is 3.39. The number of carbonyl (C=O) groups excluding carboxylic acids is 1. The van der Waals surface area contributed by atoms with Crippen molar-refractivity contribution in [2.45, 2.75) is 6.42 Å². The lowest BCUT2D eigenvalue weighted by atomic mass is 10.3. The summed E-state index contributed by atoms with van der Waals surface area (Å²) in [6.45, 7) is 0. The summed E-state index contributed by atoms with van der Waals surface area (Å²) >= 11 is 12.6. The molecule has 0 atom stereocenters. The summed E-state index contributed by atoms with van der Waals surface area (Å²) in [4.78, 5) is 17.3. The van der Waals surface area contributed by atoms with Crippen molar-refractivity contribution in [2.75, 3.05) is 14.1 Å². The Hall–Kier alpha value is -0.320. The Morgan fingerprint density at radius 2 is 2.15 bits per heavy atom. The van der Waals surface area contributed by atoms with Gasteiger partial charge in [-0.3, -0.25) is 4.79 Å². The minimum atomic E-state index is -0.0118. The number of amides is 1. The molecule has 0 saturated heterocycles. The molecule has 1 aromatic heterocycles. The molecule has 13 heavy (non-hydrogen) atoms. The summed E-state index contributed by atoms with van der Waals surface area (Å²) in [5, 5.41) is 0.324. The third-order valence-electron chi connectivity index (χ3n) is 1.43. The van der Waals surface area contributed by atoms with Crippen LogP contribution in [-0.4, -0.2) is 29.9 Å². The van der Waals surface area contributed by atoms with Gasteiger partial charge in [-0.05, 0) is 0 Å². The van der Waals surface area contributed by atoms with Gasteiger partial charge in [0.25, 0.3) is 0 Å². The highest BCUT2D eigenvalue weighted by molar-refractivity contribution is 7.16. The van der Waals surface area contributed by atoms with Gasteiger partial charge >= 0.3 is 0 Å². The average Bonchev–Trinajstić information content (AvgIpc) is 2.30. The van der Waals surface area contributed by atoms with Gasteiger partial charge in [0.2, 0.25) is 5.91 Å². The number of halogens is 2. The molecule has 0 aliphatic carbocycles.